The van der Waals surface area contributed by atoms with Crippen LogP contribution in [0.3, 0.4) is 0 Å². The lowest BCUT2D eigenvalue weighted by Gasteiger charge is -2.29. The van der Waals surface area contributed by atoms with Crippen LogP contribution in [0.1, 0.15) is 49.9 Å². The quantitative estimate of drug-likeness (QED) is 0.178. The molecule has 0 saturated carbocycles. The highest BCUT2D eigenvalue weighted by atomic mass is 15.1. The molecule has 0 aliphatic heterocycles. The molecule has 258 valence electrons. The summed E-state index contributed by atoms with van der Waals surface area (Å²) in [4.78, 5) is 2.44. The average molecular weight is 693 g/mol. The molecule has 1 aromatic heterocycles. The Morgan fingerprint density at radius 1 is 0.370 bits per heavy atom. The summed E-state index contributed by atoms with van der Waals surface area (Å²) in [6.07, 6.45) is 0. The zero-order chi connectivity index (χ0) is 36.3. The van der Waals surface area contributed by atoms with Gasteiger partial charge in [0.05, 0.1) is 11.0 Å². The number of para-hydroxylation sites is 2. The van der Waals surface area contributed by atoms with Gasteiger partial charge in [-0.05, 0) is 122 Å². The predicted octanol–water partition coefficient (Wildman–Crippen LogP) is 14.0. The number of hydrogen-bond donors (Lipinski definition) is 0. The molecular weight excluding hydrogens is 653 g/mol. The minimum atomic E-state index is -0.202. The maximum absolute atomic E-state index is 2.46. The van der Waals surface area contributed by atoms with Gasteiger partial charge >= 0.3 is 0 Å². The summed E-state index contributed by atoms with van der Waals surface area (Å²) >= 11 is 0. The largest absolute Gasteiger partial charge is 0.310 e. The zero-order valence-corrected chi connectivity index (χ0v) is 31.1. The van der Waals surface area contributed by atoms with Crippen molar-refractivity contribution in [3.8, 4) is 27.9 Å². The highest BCUT2D eigenvalue weighted by Gasteiger charge is 2.38. The third kappa shape index (κ3) is 4.28. The van der Waals surface area contributed by atoms with Crippen LogP contribution in [0, 0.1) is 0 Å². The standard InChI is InChI=1S/C52H40N2/c1-51(2)45-20-12-10-18-39(45)40-25-22-36(30-46(40)51)53(35-16-6-5-7-17-35)37-23-26-41-42-27-24-38(32-48(42)52(3,4)47(41)31-37)54-49-21-13-11-19-43(49)44-28-33-14-8-9-15-34(33)29-50(44)54/h5-32H,1-4H3. The second-order valence-corrected chi connectivity index (χ2v) is 16.2. The number of fused-ring (bicyclic) bond motifs is 10. The van der Waals surface area contributed by atoms with Crippen LogP contribution in [0.2, 0.25) is 0 Å². The van der Waals surface area contributed by atoms with E-state index < -0.39 is 0 Å². The van der Waals surface area contributed by atoms with Crippen molar-refractivity contribution >= 4 is 49.6 Å². The third-order valence-electron chi connectivity index (χ3n) is 12.5. The normalized spacial score (nSPS) is 14.6. The van der Waals surface area contributed by atoms with Crippen LogP contribution in [-0.4, -0.2) is 4.57 Å². The van der Waals surface area contributed by atoms with Crippen LogP contribution in [-0.2, 0) is 10.8 Å². The summed E-state index contributed by atoms with van der Waals surface area (Å²) in [6, 6.07) is 63.3. The fourth-order valence-electron chi connectivity index (χ4n) is 9.78. The van der Waals surface area contributed by atoms with E-state index in [1.54, 1.807) is 0 Å². The Hall–Kier alpha value is -6.38. The molecule has 54 heavy (non-hydrogen) atoms. The van der Waals surface area contributed by atoms with Crippen molar-refractivity contribution in [1.82, 2.24) is 4.57 Å². The van der Waals surface area contributed by atoms with E-state index in [2.05, 4.69) is 207 Å². The van der Waals surface area contributed by atoms with Gasteiger partial charge in [-0.2, -0.15) is 0 Å². The molecule has 2 aliphatic rings. The molecule has 0 radical (unpaired) electrons. The molecular formula is C52H40N2. The highest BCUT2D eigenvalue weighted by Crippen LogP contribution is 2.53. The number of nitrogens with zero attached hydrogens (tertiary/aromatic N) is 2. The maximum atomic E-state index is 2.46. The molecule has 2 nitrogen and oxygen atoms in total. The topological polar surface area (TPSA) is 8.17 Å². The predicted molar refractivity (Wildman–Crippen MR) is 228 cm³/mol. The van der Waals surface area contributed by atoms with E-state index in [0.29, 0.717) is 0 Å². The van der Waals surface area contributed by atoms with Gasteiger partial charge in [-0.25, -0.2) is 0 Å². The average Bonchev–Trinajstić information content (AvgIpc) is 3.73. The fourth-order valence-corrected chi connectivity index (χ4v) is 9.78. The van der Waals surface area contributed by atoms with E-state index >= 15 is 0 Å². The van der Waals surface area contributed by atoms with Gasteiger partial charge < -0.3 is 9.47 Å². The number of aromatic nitrogens is 1. The van der Waals surface area contributed by atoms with Crippen LogP contribution in [0.15, 0.2) is 170 Å². The van der Waals surface area contributed by atoms with Crippen molar-refractivity contribution in [2.24, 2.45) is 0 Å². The molecule has 0 N–H and O–H groups in total. The number of rotatable bonds is 4. The molecule has 0 saturated heterocycles. The first-order valence-electron chi connectivity index (χ1n) is 19.1. The van der Waals surface area contributed by atoms with Crippen molar-refractivity contribution in [3.63, 3.8) is 0 Å². The van der Waals surface area contributed by atoms with Gasteiger partial charge in [0.25, 0.3) is 0 Å². The summed E-state index contributed by atoms with van der Waals surface area (Å²) < 4.78 is 2.46. The first-order valence-corrected chi connectivity index (χ1v) is 19.1. The van der Waals surface area contributed by atoms with Gasteiger partial charge in [-0.1, -0.05) is 131 Å². The van der Waals surface area contributed by atoms with Crippen molar-refractivity contribution in [3.05, 3.63) is 192 Å². The van der Waals surface area contributed by atoms with E-state index in [1.165, 1.54) is 94.1 Å². The Balaban J connectivity index is 1.05. The summed E-state index contributed by atoms with van der Waals surface area (Å²) in [7, 11) is 0. The lowest BCUT2D eigenvalue weighted by atomic mass is 9.82. The van der Waals surface area contributed by atoms with Crippen LogP contribution in [0.25, 0.3) is 60.5 Å². The number of benzene rings is 8. The second-order valence-electron chi connectivity index (χ2n) is 16.2. The molecule has 0 atom stereocenters. The molecule has 11 rings (SSSR count). The van der Waals surface area contributed by atoms with Gasteiger partial charge in [0.2, 0.25) is 0 Å². The second kappa shape index (κ2) is 11.1. The Bertz CT molecular complexity index is 3000. The van der Waals surface area contributed by atoms with E-state index in [4.69, 9.17) is 0 Å². The van der Waals surface area contributed by atoms with Crippen molar-refractivity contribution in [1.29, 1.82) is 0 Å². The van der Waals surface area contributed by atoms with Gasteiger partial charge in [0.1, 0.15) is 0 Å². The molecule has 0 fully saturated rings. The first-order chi connectivity index (χ1) is 26.3. The van der Waals surface area contributed by atoms with Crippen molar-refractivity contribution in [2.45, 2.75) is 38.5 Å². The summed E-state index contributed by atoms with van der Waals surface area (Å²) in [5.41, 5.74) is 17.7. The molecule has 1 heterocycles. The van der Waals surface area contributed by atoms with Crippen LogP contribution >= 0.6 is 0 Å². The smallest absolute Gasteiger partial charge is 0.0547 e. The monoisotopic (exact) mass is 692 g/mol. The SMILES string of the molecule is CC1(C)c2ccccc2-c2ccc(N(c3ccccc3)c3ccc4c(c3)C(C)(C)c3cc(-n5c6ccccc6c6cc7ccccc7cc65)ccc3-4)cc21. The number of hydrogen-bond acceptors (Lipinski definition) is 1. The van der Waals surface area contributed by atoms with Crippen LogP contribution in [0.4, 0.5) is 17.1 Å². The van der Waals surface area contributed by atoms with Gasteiger partial charge in [-0.15, -0.1) is 0 Å². The molecule has 8 aromatic carbocycles. The first kappa shape index (κ1) is 31.2. The van der Waals surface area contributed by atoms with Gasteiger partial charge in [-0.3, -0.25) is 0 Å². The molecule has 0 amide bonds. The summed E-state index contributed by atoms with van der Waals surface area (Å²) in [6.45, 7) is 9.51. The maximum Gasteiger partial charge on any atom is 0.0547 e. The highest BCUT2D eigenvalue weighted by molar-refractivity contribution is 6.13. The van der Waals surface area contributed by atoms with E-state index in [1.807, 2.05) is 0 Å². The Labute approximate surface area is 316 Å². The molecule has 0 unspecified atom stereocenters. The molecule has 2 heteroatoms. The summed E-state index contributed by atoms with van der Waals surface area (Å²) in [5.74, 6) is 0. The van der Waals surface area contributed by atoms with Gasteiger partial charge in [0, 0.05) is 44.4 Å². The van der Waals surface area contributed by atoms with Crippen LogP contribution in [0.5, 0.6) is 0 Å². The molecule has 2 aliphatic carbocycles. The Kier molecular flexibility index (Phi) is 6.39. The number of anilines is 3. The lowest BCUT2D eigenvalue weighted by Crippen LogP contribution is -2.18. The summed E-state index contributed by atoms with van der Waals surface area (Å²) in [5, 5.41) is 5.10. The van der Waals surface area contributed by atoms with E-state index in [9.17, 15) is 0 Å². The Morgan fingerprint density at radius 3 is 1.63 bits per heavy atom. The zero-order valence-electron chi connectivity index (χ0n) is 31.1. The molecule has 0 spiro atoms. The van der Waals surface area contributed by atoms with Gasteiger partial charge in [0.15, 0.2) is 0 Å². The Morgan fingerprint density at radius 2 is 0.907 bits per heavy atom. The fraction of sp³-hybridized carbons (Fsp3) is 0.115. The molecule has 9 aromatic rings. The minimum absolute atomic E-state index is 0.0763. The van der Waals surface area contributed by atoms with Crippen molar-refractivity contribution in [2.75, 3.05) is 4.90 Å². The van der Waals surface area contributed by atoms with E-state index in [-0.39, 0.29) is 10.8 Å². The van der Waals surface area contributed by atoms with E-state index in [0.717, 1.165) is 5.69 Å². The minimum Gasteiger partial charge on any atom is -0.310 e. The third-order valence-corrected chi connectivity index (χ3v) is 12.5. The molecule has 0 bridgehead atoms. The van der Waals surface area contributed by atoms with Crippen molar-refractivity contribution < 1.29 is 0 Å². The van der Waals surface area contributed by atoms with Crippen LogP contribution < -0.4 is 4.90 Å². The lowest BCUT2D eigenvalue weighted by molar-refractivity contribution is 0.659.